The third-order valence-corrected chi connectivity index (χ3v) is 11.0. The van der Waals surface area contributed by atoms with Crippen LogP contribution in [0.2, 0.25) is 0 Å². The number of Topliss-reactive ketones (excluding diaryl/α,β-unsaturated/α-hetero) is 1. The largest absolute Gasteiger partial charge is 0.490 e. The van der Waals surface area contributed by atoms with Crippen LogP contribution < -0.4 is 21.7 Å². The van der Waals surface area contributed by atoms with Crippen molar-refractivity contribution < 1.29 is 70.8 Å². The van der Waals surface area contributed by atoms with E-state index in [1.165, 1.54) is 4.90 Å². The molecule has 16 nitrogen and oxygen atoms in total. The Morgan fingerprint density at radius 2 is 1.66 bits per heavy atom. The highest BCUT2D eigenvalue weighted by Gasteiger charge is 2.39. The zero-order valence-corrected chi connectivity index (χ0v) is 35.9. The van der Waals surface area contributed by atoms with Crippen LogP contribution in [0.3, 0.4) is 0 Å². The molecule has 1 unspecified atom stereocenters. The molecule has 64 heavy (non-hydrogen) atoms. The number of carboxylic acid groups (broad SMARTS) is 2. The molecule has 0 saturated carbocycles. The second-order valence-corrected chi connectivity index (χ2v) is 17.0. The number of aliphatic hydroxyl groups excluding tert-OH is 1. The van der Waals surface area contributed by atoms with Crippen LogP contribution >= 0.6 is 11.8 Å². The molecule has 4 atom stereocenters. The van der Waals surface area contributed by atoms with E-state index in [1.54, 1.807) is 12.3 Å². The number of aliphatic carboxylic acids is 2. The van der Waals surface area contributed by atoms with Gasteiger partial charge in [0.25, 0.3) is 0 Å². The van der Waals surface area contributed by atoms with Gasteiger partial charge in [0.2, 0.25) is 23.6 Å². The van der Waals surface area contributed by atoms with E-state index < -0.39 is 88.8 Å². The van der Waals surface area contributed by atoms with Crippen LogP contribution in [0.15, 0.2) is 60.8 Å². The van der Waals surface area contributed by atoms with E-state index in [0.29, 0.717) is 17.8 Å². The summed E-state index contributed by atoms with van der Waals surface area (Å²) in [5.74, 6) is -7.56. The zero-order chi connectivity index (χ0) is 47.9. The lowest BCUT2D eigenvalue weighted by atomic mass is 9.82. The molecule has 1 saturated heterocycles. The number of carbonyl (C=O) groups excluding carboxylic acids is 5. The number of nitrogens with two attached hydrogens (primary N) is 1. The number of aromatic nitrogens is 1. The van der Waals surface area contributed by atoms with Crippen LogP contribution in [0.5, 0.6) is 0 Å². The van der Waals surface area contributed by atoms with Crippen molar-refractivity contribution in [2.24, 2.45) is 11.1 Å². The molecule has 1 fully saturated rings. The van der Waals surface area contributed by atoms with Crippen molar-refractivity contribution >= 4 is 53.1 Å². The number of halogens is 5. The Hall–Kier alpha value is -5.87. The molecule has 1 aromatic heterocycles. The lowest BCUT2D eigenvalue weighted by Gasteiger charge is -2.41. The first kappa shape index (κ1) is 52.5. The standard InChI is InChI=1S/C40H50F2N6O8S.C2HF3O2/c1-40(2,3)36(32-16-25(28-17-26(41)11-12-29(28)42)21-47(32)20-24-8-5-4-6-9-24)48(35(52)22-49)15-13-30(43)37(53)44-14-7-10-27(50)19-45-34(51)18-33-38(54)46-31(23-57-33)39(55)56;3-2(4,5)1(6)7/h4-6,8-9,11-12,16-17,21,30-31,33,36,49H,7,10,13-15,18-20,22-23,43H2,1-3H3,(H,44,53)(H,45,51)(H,46,54)(H,55,56);(H,6,7)/t30-,31-,33?,36-;/m0./s1. The fourth-order valence-corrected chi connectivity index (χ4v) is 7.68. The fourth-order valence-electron chi connectivity index (χ4n) is 6.54. The van der Waals surface area contributed by atoms with Crippen molar-refractivity contribution in [1.82, 2.24) is 25.4 Å². The van der Waals surface area contributed by atoms with E-state index in [1.807, 2.05) is 55.7 Å². The Kier molecular flexibility index (Phi) is 19.4. The number of benzene rings is 2. The molecule has 1 aliphatic rings. The number of hydrogen-bond donors (Lipinski definition) is 7. The Morgan fingerprint density at radius 1 is 1.00 bits per heavy atom. The second kappa shape index (κ2) is 23.7. The number of amides is 4. The summed E-state index contributed by atoms with van der Waals surface area (Å²) in [7, 11) is 0. The Labute approximate surface area is 369 Å². The first-order valence-electron chi connectivity index (χ1n) is 19.8. The van der Waals surface area contributed by atoms with Gasteiger partial charge in [-0.25, -0.2) is 18.4 Å². The molecular formula is C42H51F5N6O10S. The van der Waals surface area contributed by atoms with Gasteiger partial charge in [-0.1, -0.05) is 51.1 Å². The summed E-state index contributed by atoms with van der Waals surface area (Å²) in [6, 6.07) is 11.6. The number of nitrogens with zero attached hydrogens (tertiary/aromatic N) is 2. The van der Waals surface area contributed by atoms with Gasteiger partial charge in [-0.05, 0) is 48.1 Å². The maximum atomic E-state index is 15.0. The van der Waals surface area contributed by atoms with Gasteiger partial charge in [0.05, 0.1) is 23.9 Å². The molecule has 4 rings (SSSR count). The van der Waals surface area contributed by atoms with Crippen molar-refractivity contribution in [3.8, 4) is 11.1 Å². The number of aliphatic hydroxyl groups is 1. The molecule has 2 aromatic carbocycles. The highest BCUT2D eigenvalue weighted by Crippen LogP contribution is 2.41. The van der Waals surface area contributed by atoms with Crippen molar-refractivity contribution in [3.05, 3.63) is 83.7 Å². The molecule has 2 heterocycles. The van der Waals surface area contributed by atoms with E-state index in [2.05, 4.69) is 16.0 Å². The van der Waals surface area contributed by atoms with Crippen LogP contribution in [0, 0.1) is 17.0 Å². The van der Waals surface area contributed by atoms with Crippen LogP contribution in [-0.4, -0.2) is 122 Å². The second-order valence-electron chi connectivity index (χ2n) is 15.7. The lowest BCUT2D eigenvalue weighted by molar-refractivity contribution is -0.192. The van der Waals surface area contributed by atoms with Gasteiger partial charge in [-0.3, -0.25) is 24.0 Å². The third-order valence-electron chi connectivity index (χ3n) is 9.65. The SMILES string of the molecule is CC(C)(C)[C@H](c1cc(-c2cc(F)ccc2F)cn1Cc1ccccc1)N(CC[C@H](N)C(=O)NCCCC(=O)CNC(=O)CC1SC[C@@H](C(=O)O)NC1=O)C(=O)CO.O=C(O)C(F)(F)F. The smallest absolute Gasteiger partial charge is 0.480 e. The molecule has 22 heteroatoms. The summed E-state index contributed by atoms with van der Waals surface area (Å²) < 4.78 is 62.9. The van der Waals surface area contributed by atoms with E-state index in [4.69, 9.17) is 20.7 Å². The summed E-state index contributed by atoms with van der Waals surface area (Å²) >= 11 is 1.06. The number of carbonyl (C=O) groups is 7. The summed E-state index contributed by atoms with van der Waals surface area (Å²) in [5, 5.41) is 33.0. The van der Waals surface area contributed by atoms with E-state index >= 15 is 4.39 Å². The van der Waals surface area contributed by atoms with Crippen molar-refractivity contribution in [3.63, 3.8) is 0 Å². The van der Waals surface area contributed by atoms with Gasteiger partial charge >= 0.3 is 18.1 Å². The zero-order valence-electron chi connectivity index (χ0n) is 35.1. The predicted octanol–water partition coefficient (Wildman–Crippen LogP) is 3.40. The minimum absolute atomic E-state index is 0.00809. The minimum Gasteiger partial charge on any atom is -0.480 e. The molecule has 0 spiro atoms. The predicted molar refractivity (Wildman–Crippen MR) is 223 cm³/mol. The minimum atomic E-state index is -5.08. The molecular weight excluding hydrogens is 876 g/mol. The monoisotopic (exact) mass is 926 g/mol. The van der Waals surface area contributed by atoms with Crippen molar-refractivity contribution in [2.45, 2.75) is 82.6 Å². The number of carboxylic acids is 2. The van der Waals surface area contributed by atoms with Crippen LogP contribution in [0.25, 0.3) is 11.1 Å². The maximum absolute atomic E-state index is 15.0. The number of nitrogens with one attached hydrogen (secondary N) is 3. The topological polar surface area (TPSA) is 250 Å². The van der Waals surface area contributed by atoms with Gasteiger partial charge in [-0.2, -0.15) is 13.2 Å². The van der Waals surface area contributed by atoms with Gasteiger partial charge in [0, 0.05) is 61.2 Å². The quantitative estimate of drug-likeness (QED) is 0.0676. The summed E-state index contributed by atoms with van der Waals surface area (Å²) in [4.78, 5) is 84.6. The first-order chi connectivity index (χ1) is 29.9. The summed E-state index contributed by atoms with van der Waals surface area (Å²) in [5.41, 5.74) is 7.55. The molecule has 0 radical (unpaired) electrons. The van der Waals surface area contributed by atoms with Gasteiger partial charge in [0.15, 0.2) is 5.78 Å². The highest BCUT2D eigenvalue weighted by atomic mass is 32.2. The lowest BCUT2D eigenvalue weighted by Crippen LogP contribution is -2.51. The van der Waals surface area contributed by atoms with Crippen molar-refractivity contribution in [1.29, 1.82) is 0 Å². The van der Waals surface area contributed by atoms with Crippen LogP contribution in [0.4, 0.5) is 22.0 Å². The van der Waals surface area contributed by atoms with Gasteiger partial charge in [-0.15, -0.1) is 11.8 Å². The van der Waals surface area contributed by atoms with E-state index in [9.17, 15) is 51.4 Å². The molecule has 1 aliphatic heterocycles. The Balaban J connectivity index is 0.00000143. The van der Waals surface area contributed by atoms with Crippen LogP contribution in [-0.2, 0) is 40.1 Å². The Morgan fingerprint density at radius 3 is 2.23 bits per heavy atom. The number of rotatable bonds is 19. The average molecular weight is 927 g/mol. The van der Waals surface area contributed by atoms with E-state index in [-0.39, 0.29) is 62.4 Å². The molecule has 8 N–H and O–H groups in total. The van der Waals surface area contributed by atoms with E-state index in [0.717, 1.165) is 35.5 Å². The van der Waals surface area contributed by atoms with Gasteiger partial charge in [0.1, 0.15) is 24.3 Å². The average Bonchev–Trinajstić information content (AvgIpc) is 3.62. The summed E-state index contributed by atoms with van der Waals surface area (Å²) in [6.07, 6.45) is -3.30. The van der Waals surface area contributed by atoms with Crippen LogP contribution in [0.1, 0.15) is 63.8 Å². The maximum Gasteiger partial charge on any atom is 0.490 e. The van der Waals surface area contributed by atoms with Crippen molar-refractivity contribution in [2.75, 3.05) is 32.0 Å². The highest BCUT2D eigenvalue weighted by molar-refractivity contribution is 8.00. The summed E-state index contributed by atoms with van der Waals surface area (Å²) in [6.45, 7) is 5.03. The molecule has 4 amide bonds. The Bertz CT molecular complexity index is 2130. The number of hydrogen-bond acceptors (Lipinski definition) is 10. The number of thioether (sulfide) groups is 1. The molecule has 3 aromatic rings. The third kappa shape index (κ3) is 16.0. The number of alkyl halides is 3. The molecule has 0 aliphatic carbocycles. The molecule has 0 bridgehead atoms. The van der Waals surface area contributed by atoms with Gasteiger partial charge < -0.3 is 46.5 Å². The normalized spacial score (nSPS) is 16.0. The number of ketones is 1. The fraction of sp³-hybridized carbons (Fsp3) is 0.452. The molecule has 350 valence electrons. The first-order valence-corrected chi connectivity index (χ1v) is 20.8.